The molecule has 0 spiro atoms. The van der Waals surface area contributed by atoms with E-state index in [-0.39, 0.29) is 23.4 Å². The number of allylic oxidation sites excluding steroid dienone is 2. The molecule has 0 bridgehead atoms. The van der Waals surface area contributed by atoms with Crippen molar-refractivity contribution in [3.05, 3.63) is 12.2 Å². The van der Waals surface area contributed by atoms with Gasteiger partial charge in [0.1, 0.15) is 0 Å². The molecule has 60 valence electrons. The third-order valence-electron chi connectivity index (χ3n) is 0.997. The SMILES string of the molecule is Br.CC=CCCCC(=O)O. The largest absolute Gasteiger partial charge is 0.481 e. The topological polar surface area (TPSA) is 37.3 Å². The molecule has 0 saturated heterocycles. The predicted molar refractivity (Wildman–Crippen MR) is 46.6 cm³/mol. The molecule has 0 fully saturated rings. The minimum Gasteiger partial charge on any atom is -0.481 e. The number of hydrogen-bond acceptors (Lipinski definition) is 1. The summed E-state index contributed by atoms with van der Waals surface area (Å²) in [6, 6.07) is 0. The molecule has 0 saturated carbocycles. The smallest absolute Gasteiger partial charge is 0.303 e. The van der Waals surface area contributed by atoms with Crippen LogP contribution in [0.4, 0.5) is 0 Å². The lowest BCUT2D eigenvalue weighted by Crippen LogP contribution is -1.92. The average molecular weight is 209 g/mol. The molecule has 10 heavy (non-hydrogen) atoms. The van der Waals surface area contributed by atoms with Crippen molar-refractivity contribution in [1.29, 1.82) is 0 Å². The molecular weight excluding hydrogens is 196 g/mol. The van der Waals surface area contributed by atoms with Crippen molar-refractivity contribution in [2.45, 2.75) is 26.2 Å². The van der Waals surface area contributed by atoms with Crippen LogP contribution >= 0.6 is 17.0 Å². The first-order chi connectivity index (χ1) is 4.27. The summed E-state index contributed by atoms with van der Waals surface area (Å²) in [7, 11) is 0. The van der Waals surface area contributed by atoms with Gasteiger partial charge >= 0.3 is 5.97 Å². The zero-order chi connectivity index (χ0) is 7.11. The second-order valence-electron chi connectivity index (χ2n) is 1.86. The van der Waals surface area contributed by atoms with Gasteiger partial charge in [-0.25, -0.2) is 0 Å². The lowest BCUT2D eigenvalue weighted by molar-refractivity contribution is -0.137. The van der Waals surface area contributed by atoms with Crippen LogP contribution in [0.1, 0.15) is 26.2 Å². The zero-order valence-corrected chi connectivity index (χ0v) is 7.75. The Bertz CT molecular complexity index is 110. The van der Waals surface area contributed by atoms with E-state index in [0.717, 1.165) is 12.8 Å². The number of rotatable bonds is 4. The summed E-state index contributed by atoms with van der Waals surface area (Å²) in [5.41, 5.74) is 0. The first-order valence-electron chi connectivity index (χ1n) is 3.10. The highest BCUT2D eigenvalue weighted by atomic mass is 79.9. The first kappa shape index (κ1) is 12.4. The molecule has 0 rings (SSSR count). The number of carboxylic acid groups (broad SMARTS) is 1. The van der Waals surface area contributed by atoms with Gasteiger partial charge in [0, 0.05) is 6.42 Å². The van der Waals surface area contributed by atoms with Crippen LogP contribution < -0.4 is 0 Å². The van der Waals surface area contributed by atoms with E-state index in [1.54, 1.807) is 0 Å². The Morgan fingerprint density at radius 1 is 1.60 bits per heavy atom. The molecule has 0 atom stereocenters. The summed E-state index contributed by atoms with van der Waals surface area (Å²) in [6.07, 6.45) is 5.82. The molecule has 1 N–H and O–H groups in total. The summed E-state index contributed by atoms with van der Waals surface area (Å²) in [4.78, 5) is 9.94. The van der Waals surface area contributed by atoms with E-state index in [1.165, 1.54) is 0 Å². The monoisotopic (exact) mass is 208 g/mol. The van der Waals surface area contributed by atoms with Gasteiger partial charge in [-0.3, -0.25) is 4.79 Å². The van der Waals surface area contributed by atoms with E-state index in [1.807, 2.05) is 19.1 Å². The Morgan fingerprint density at radius 2 is 2.20 bits per heavy atom. The summed E-state index contributed by atoms with van der Waals surface area (Å²) < 4.78 is 0. The molecule has 2 nitrogen and oxygen atoms in total. The minimum absolute atomic E-state index is 0. The number of hydrogen-bond donors (Lipinski definition) is 1. The lowest BCUT2D eigenvalue weighted by atomic mass is 10.2. The van der Waals surface area contributed by atoms with Crippen molar-refractivity contribution in [3.8, 4) is 0 Å². The van der Waals surface area contributed by atoms with E-state index in [0.29, 0.717) is 0 Å². The number of halogens is 1. The van der Waals surface area contributed by atoms with E-state index in [4.69, 9.17) is 5.11 Å². The normalized spacial score (nSPS) is 9.30. The predicted octanol–water partition coefficient (Wildman–Crippen LogP) is 2.40. The van der Waals surface area contributed by atoms with Crippen molar-refractivity contribution in [3.63, 3.8) is 0 Å². The van der Waals surface area contributed by atoms with E-state index < -0.39 is 5.97 Å². The fraction of sp³-hybridized carbons (Fsp3) is 0.571. The van der Waals surface area contributed by atoms with Crippen LogP contribution in [0.2, 0.25) is 0 Å². The zero-order valence-electron chi connectivity index (χ0n) is 6.04. The Labute approximate surface area is 71.7 Å². The number of unbranched alkanes of at least 4 members (excludes halogenated alkanes) is 1. The summed E-state index contributed by atoms with van der Waals surface area (Å²) >= 11 is 0. The standard InChI is InChI=1S/C7H12O2.BrH/c1-2-3-4-5-6-7(8)9;/h2-3H,4-6H2,1H3,(H,8,9);1H. The molecule has 0 heterocycles. The van der Waals surface area contributed by atoms with Crippen molar-refractivity contribution in [2.75, 3.05) is 0 Å². The number of carbonyl (C=O) groups is 1. The second kappa shape index (κ2) is 8.69. The molecule has 0 aromatic rings. The third-order valence-corrected chi connectivity index (χ3v) is 0.997. The maximum Gasteiger partial charge on any atom is 0.303 e. The quantitative estimate of drug-likeness (QED) is 0.570. The fourth-order valence-electron chi connectivity index (χ4n) is 0.538. The van der Waals surface area contributed by atoms with E-state index in [9.17, 15) is 4.79 Å². The van der Waals surface area contributed by atoms with Gasteiger partial charge in [-0.15, -0.1) is 17.0 Å². The Morgan fingerprint density at radius 3 is 2.60 bits per heavy atom. The highest BCUT2D eigenvalue weighted by molar-refractivity contribution is 8.93. The van der Waals surface area contributed by atoms with Crippen LogP contribution in [-0.4, -0.2) is 11.1 Å². The summed E-state index contributed by atoms with van der Waals surface area (Å²) in [5.74, 6) is -0.709. The average Bonchev–Trinajstić information content (AvgIpc) is 1.80. The Balaban J connectivity index is 0. The highest BCUT2D eigenvalue weighted by Crippen LogP contribution is 1.95. The third kappa shape index (κ3) is 10.6. The maximum absolute atomic E-state index is 9.94. The molecule has 0 aliphatic carbocycles. The molecule has 0 unspecified atom stereocenters. The molecule has 0 aromatic heterocycles. The molecule has 0 aromatic carbocycles. The van der Waals surface area contributed by atoms with Gasteiger partial charge in [0.15, 0.2) is 0 Å². The fourth-order valence-corrected chi connectivity index (χ4v) is 0.538. The minimum atomic E-state index is -0.709. The van der Waals surface area contributed by atoms with Crippen LogP contribution in [-0.2, 0) is 4.79 Å². The van der Waals surface area contributed by atoms with Gasteiger partial charge in [-0.05, 0) is 19.8 Å². The van der Waals surface area contributed by atoms with Crippen LogP contribution in [0.25, 0.3) is 0 Å². The Hall–Kier alpha value is -0.310. The molecule has 0 aliphatic heterocycles. The van der Waals surface area contributed by atoms with E-state index >= 15 is 0 Å². The van der Waals surface area contributed by atoms with Gasteiger partial charge in [0.25, 0.3) is 0 Å². The van der Waals surface area contributed by atoms with Crippen molar-refractivity contribution in [2.24, 2.45) is 0 Å². The Kier molecular flexibility index (Phi) is 10.8. The summed E-state index contributed by atoms with van der Waals surface area (Å²) in [6.45, 7) is 1.93. The van der Waals surface area contributed by atoms with Gasteiger partial charge in [0.05, 0.1) is 0 Å². The molecule has 3 heteroatoms. The second-order valence-corrected chi connectivity index (χ2v) is 1.86. The highest BCUT2D eigenvalue weighted by Gasteiger charge is 1.92. The van der Waals surface area contributed by atoms with Gasteiger partial charge in [-0.1, -0.05) is 12.2 Å². The molecule has 0 radical (unpaired) electrons. The lowest BCUT2D eigenvalue weighted by Gasteiger charge is -1.88. The van der Waals surface area contributed by atoms with Crippen LogP contribution in [0.5, 0.6) is 0 Å². The van der Waals surface area contributed by atoms with Crippen molar-refractivity contribution >= 4 is 23.0 Å². The summed E-state index contributed by atoms with van der Waals surface area (Å²) in [5, 5.41) is 8.19. The van der Waals surface area contributed by atoms with Crippen molar-refractivity contribution in [1.82, 2.24) is 0 Å². The number of carboxylic acids is 1. The van der Waals surface area contributed by atoms with Crippen LogP contribution in [0.3, 0.4) is 0 Å². The molecule has 0 amide bonds. The van der Waals surface area contributed by atoms with E-state index in [2.05, 4.69) is 0 Å². The maximum atomic E-state index is 9.94. The van der Waals surface area contributed by atoms with Gasteiger partial charge in [-0.2, -0.15) is 0 Å². The number of aliphatic carboxylic acids is 1. The van der Waals surface area contributed by atoms with Crippen LogP contribution in [0.15, 0.2) is 12.2 Å². The first-order valence-corrected chi connectivity index (χ1v) is 3.10. The van der Waals surface area contributed by atoms with Gasteiger partial charge < -0.3 is 5.11 Å². The molecule has 0 aliphatic rings. The van der Waals surface area contributed by atoms with Gasteiger partial charge in [0.2, 0.25) is 0 Å². The van der Waals surface area contributed by atoms with Crippen molar-refractivity contribution < 1.29 is 9.90 Å². The molecular formula is C7H13BrO2. The van der Waals surface area contributed by atoms with Crippen LogP contribution in [0, 0.1) is 0 Å².